The summed E-state index contributed by atoms with van der Waals surface area (Å²) in [6.07, 6.45) is 2.18. The predicted octanol–water partition coefficient (Wildman–Crippen LogP) is 4.91. The molecule has 0 unspecified atom stereocenters. The van der Waals surface area contributed by atoms with E-state index in [0.717, 1.165) is 27.5 Å². The van der Waals surface area contributed by atoms with Gasteiger partial charge in [0.2, 0.25) is 0 Å². The van der Waals surface area contributed by atoms with Crippen LogP contribution in [-0.4, -0.2) is 31.3 Å². The molecule has 0 saturated carbocycles. The Kier molecular flexibility index (Phi) is 6.57. The fourth-order valence-corrected chi connectivity index (χ4v) is 4.24. The van der Waals surface area contributed by atoms with Gasteiger partial charge in [-0.15, -0.1) is 10.2 Å². The maximum Gasteiger partial charge on any atom is 0.192 e. The summed E-state index contributed by atoms with van der Waals surface area (Å²) < 4.78 is 2.03. The number of nitrogens with zero attached hydrogens (tertiary/aromatic N) is 4. The SMILES string of the molecule is Cc1ccc(CC(=O)CSc2nnc(-c3ccccn3)n2Cc2ccccc2)c(C)c1. The Hall–Kier alpha value is -3.25. The van der Waals surface area contributed by atoms with E-state index in [1.54, 1.807) is 6.20 Å². The monoisotopic (exact) mass is 428 g/mol. The number of aromatic nitrogens is 4. The lowest BCUT2D eigenvalue weighted by Gasteiger charge is -2.10. The van der Waals surface area contributed by atoms with Crippen molar-refractivity contribution in [3.63, 3.8) is 0 Å². The van der Waals surface area contributed by atoms with Gasteiger partial charge in [-0.1, -0.05) is 71.9 Å². The Morgan fingerprint density at radius 2 is 1.77 bits per heavy atom. The van der Waals surface area contributed by atoms with Crippen LogP contribution in [0.2, 0.25) is 0 Å². The minimum atomic E-state index is 0.172. The number of thioether (sulfide) groups is 1. The summed E-state index contributed by atoms with van der Waals surface area (Å²) in [5, 5.41) is 9.49. The summed E-state index contributed by atoms with van der Waals surface area (Å²) in [5.41, 5.74) is 5.35. The molecule has 6 heteroatoms. The quantitative estimate of drug-likeness (QED) is 0.373. The average molecular weight is 429 g/mol. The Morgan fingerprint density at radius 1 is 0.968 bits per heavy atom. The first-order chi connectivity index (χ1) is 15.1. The van der Waals surface area contributed by atoms with Crippen molar-refractivity contribution in [3.05, 3.63) is 95.2 Å². The summed E-state index contributed by atoms with van der Waals surface area (Å²) in [6, 6.07) is 22.1. The van der Waals surface area contributed by atoms with Gasteiger partial charge in [0.15, 0.2) is 11.0 Å². The molecule has 0 amide bonds. The van der Waals surface area contributed by atoms with Gasteiger partial charge in [0.05, 0.1) is 12.3 Å². The van der Waals surface area contributed by atoms with Gasteiger partial charge in [-0.2, -0.15) is 0 Å². The average Bonchev–Trinajstić information content (AvgIpc) is 3.18. The van der Waals surface area contributed by atoms with Gasteiger partial charge < -0.3 is 0 Å². The molecule has 2 heterocycles. The van der Waals surface area contributed by atoms with E-state index in [2.05, 4.69) is 53.3 Å². The van der Waals surface area contributed by atoms with Gasteiger partial charge in [0, 0.05) is 12.6 Å². The van der Waals surface area contributed by atoms with Crippen LogP contribution in [0.1, 0.15) is 22.3 Å². The molecule has 4 rings (SSSR count). The minimum absolute atomic E-state index is 0.172. The number of hydrogen-bond acceptors (Lipinski definition) is 5. The second-order valence-electron chi connectivity index (χ2n) is 7.53. The van der Waals surface area contributed by atoms with Crippen LogP contribution >= 0.6 is 11.8 Å². The van der Waals surface area contributed by atoms with E-state index >= 15 is 0 Å². The highest BCUT2D eigenvalue weighted by molar-refractivity contribution is 7.99. The van der Waals surface area contributed by atoms with Gasteiger partial charge in [-0.3, -0.25) is 14.3 Å². The fourth-order valence-electron chi connectivity index (χ4n) is 3.44. The highest BCUT2D eigenvalue weighted by atomic mass is 32.2. The molecule has 0 radical (unpaired) electrons. The Balaban J connectivity index is 1.53. The van der Waals surface area contributed by atoms with Crippen molar-refractivity contribution in [3.8, 4) is 11.5 Å². The van der Waals surface area contributed by atoms with E-state index in [0.29, 0.717) is 24.5 Å². The van der Waals surface area contributed by atoms with Crippen molar-refractivity contribution in [2.75, 3.05) is 5.75 Å². The summed E-state index contributed by atoms with van der Waals surface area (Å²) in [6.45, 7) is 4.74. The van der Waals surface area contributed by atoms with Crippen LogP contribution in [0.3, 0.4) is 0 Å². The van der Waals surface area contributed by atoms with Gasteiger partial charge in [-0.25, -0.2) is 0 Å². The second kappa shape index (κ2) is 9.71. The van der Waals surface area contributed by atoms with Crippen molar-refractivity contribution in [1.29, 1.82) is 0 Å². The first-order valence-electron chi connectivity index (χ1n) is 10.2. The maximum absolute atomic E-state index is 12.7. The third-order valence-electron chi connectivity index (χ3n) is 5.04. The van der Waals surface area contributed by atoms with Crippen LogP contribution in [0.15, 0.2) is 78.1 Å². The molecular weight excluding hydrogens is 404 g/mol. The number of benzene rings is 2. The molecule has 0 aliphatic carbocycles. The smallest absolute Gasteiger partial charge is 0.192 e. The van der Waals surface area contributed by atoms with E-state index in [1.807, 2.05) is 47.0 Å². The minimum Gasteiger partial charge on any atom is -0.298 e. The van der Waals surface area contributed by atoms with Crippen molar-refractivity contribution >= 4 is 17.5 Å². The van der Waals surface area contributed by atoms with Crippen LogP contribution in [0.25, 0.3) is 11.5 Å². The molecular formula is C25H24N4OS. The molecule has 0 saturated heterocycles. The molecule has 0 fully saturated rings. The van der Waals surface area contributed by atoms with E-state index in [9.17, 15) is 4.79 Å². The second-order valence-corrected chi connectivity index (χ2v) is 8.47. The number of Topliss-reactive ketones (excluding diaryl/α,β-unsaturated/α-hetero) is 1. The molecule has 2 aromatic heterocycles. The van der Waals surface area contributed by atoms with Crippen LogP contribution in [-0.2, 0) is 17.8 Å². The molecule has 31 heavy (non-hydrogen) atoms. The number of carbonyl (C=O) groups excluding carboxylic acids is 1. The van der Waals surface area contributed by atoms with E-state index in [-0.39, 0.29) is 5.78 Å². The van der Waals surface area contributed by atoms with Gasteiger partial charge in [0.25, 0.3) is 0 Å². The zero-order chi connectivity index (χ0) is 21.6. The molecule has 2 aromatic carbocycles. The number of rotatable bonds is 8. The van der Waals surface area contributed by atoms with Gasteiger partial charge in [0.1, 0.15) is 11.5 Å². The van der Waals surface area contributed by atoms with Gasteiger partial charge >= 0.3 is 0 Å². The first-order valence-corrected chi connectivity index (χ1v) is 11.2. The number of pyridine rings is 1. The molecule has 5 nitrogen and oxygen atoms in total. The number of carbonyl (C=O) groups is 1. The predicted molar refractivity (Wildman–Crippen MR) is 124 cm³/mol. The Labute approximate surface area is 186 Å². The van der Waals surface area contributed by atoms with E-state index in [1.165, 1.54) is 17.3 Å². The molecule has 0 N–H and O–H groups in total. The standard InChI is InChI=1S/C25H24N4OS/c1-18-11-12-21(19(2)14-18)15-22(30)17-31-25-28-27-24(23-10-6-7-13-26-23)29(25)16-20-8-4-3-5-9-20/h3-14H,15-17H2,1-2H3. The molecule has 0 bridgehead atoms. The lowest BCUT2D eigenvalue weighted by atomic mass is 10.0. The summed E-state index contributed by atoms with van der Waals surface area (Å²) in [4.78, 5) is 17.1. The van der Waals surface area contributed by atoms with Crippen LogP contribution in [0.5, 0.6) is 0 Å². The van der Waals surface area contributed by atoms with Crippen molar-refractivity contribution in [2.24, 2.45) is 0 Å². The summed E-state index contributed by atoms with van der Waals surface area (Å²) >= 11 is 1.43. The number of ketones is 1. The zero-order valence-electron chi connectivity index (χ0n) is 17.7. The third kappa shape index (κ3) is 5.27. The largest absolute Gasteiger partial charge is 0.298 e. The summed E-state index contributed by atoms with van der Waals surface area (Å²) in [7, 11) is 0. The van der Waals surface area contributed by atoms with Crippen LogP contribution in [0.4, 0.5) is 0 Å². The fraction of sp³-hybridized carbons (Fsp3) is 0.200. The first kappa shape index (κ1) is 21.0. The maximum atomic E-state index is 12.7. The van der Waals surface area contributed by atoms with Crippen LogP contribution in [0, 0.1) is 13.8 Å². The van der Waals surface area contributed by atoms with Crippen LogP contribution < -0.4 is 0 Å². The highest BCUT2D eigenvalue weighted by Gasteiger charge is 2.17. The lowest BCUT2D eigenvalue weighted by molar-refractivity contribution is -0.116. The zero-order valence-corrected chi connectivity index (χ0v) is 18.5. The van der Waals surface area contributed by atoms with E-state index < -0.39 is 0 Å². The van der Waals surface area contributed by atoms with E-state index in [4.69, 9.17) is 0 Å². The Morgan fingerprint density at radius 3 is 2.52 bits per heavy atom. The lowest BCUT2D eigenvalue weighted by Crippen LogP contribution is -2.09. The molecule has 0 atom stereocenters. The Bertz CT molecular complexity index is 1170. The van der Waals surface area contributed by atoms with Crippen molar-refractivity contribution in [2.45, 2.75) is 32.0 Å². The highest BCUT2D eigenvalue weighted by Crippen LogP contribution is 2.24. The topological polar surface area (TPSA) is 60.7 Å². The summed E-state index contributed by atoms with van der Waals surface area (Å²) in [5.74, 6) is 1.22. The molecule has 0 aliphatic rings. The third-order valence-corrected chi connectivity index (χ3v) is 6.07. The molecule has 4 aromatic rings. The molecule has 0 spiro atoms. The molecule has 0 aliphatic heterocycles. The van der Waals surface area contributed by atoms with Gasteiger partial charge in [-0.05, 0) is 42.7 Å². The number of aryl methyl sites for hydroxylation is 2. The normalized spacial score (nSPS) is 10.9. The number of hydrogen-bond donors (Lipinski definition) is 0. The molecule has 156 valence electrons. The van der Waals surface area contributed by atoms with Crippen molar-refractivity contribution < 1.29 is 4.79 Å². The van der Waals surface area contributed by atoms with Crippen molar-refractivity contribution in [1.82, 2.24) is 19.7 Å².